The Morgan fingerprint density at radius 3 is 2.66 bits per heavy atom. The molecule has 7 heteroatoms. The fourth-order valence-corrected chi connectivity index (χ4v) is 4.24. The van der Waals surface area contributed by atoms with Crippen molar-refractivity contribution in [2.75, 3.05) is 47.0 Å². The highest BCUT2D eigenvalue weighted by atomic mass is 16.5. The fourth-order valence-electron chi connectivity index (χ4n) is 4.24. The molecule has 0 bridgehead atoms. The van der Waals surface area contributed by atoms with Crippen molar-refractivity contribution < 1.29 is 14.3 Å². The van der Waals surface area contributed by atoms with Crippen molar-refractivity contribution in [2.24, 2.45) is 4.99 Å². The van der Waals surface area contributed by atoms with Gasteiger partial charge in [-0.1, -0.05) is 19.1 Å². The highest BCUT2D eigenvalue weighted by Gasteiger charge is 2.35. The maximum absolute atomic E-state index is 11.9. The number of benzene rings is 1. The van der Waals surface area contributed by atoms with E-state index in [9.17, 15) is 4.79 Å². The van der Waals surface area contributed by atoms with Gasteiger partial charge in [0.2, 0.25) is 5.91 Å². The van der Waals surface area contributed by atoms with E-state index in [2.05, 4.69) is 27.8 Å². The number of carbonyl (C=O) groups excluding carboxylic acids is 1. The molecule has 1 atom stereocenters. The molecule has 2 fully saturated rings. The van der Waals surface area contributed by atoms with Gasteiger partial charge in [-0.25, -0.2) is 0 Å². The zero-order chi connectivity index (χ0) is 20.7. The van der Waals surface area contributed by atoms with Gasteiger partial charge in [0.05, 0.1) is 7.11 Å². The van der Waals surface area contributed by atoms with Gasteiger partial charge >= 0.3 is 0 Å². The normalized spacial score (nSPS) is 21.7. The molecule has 1 unspecified atom stereocenters. The van der Waals surface area contributed by atoms with Crippen LogP contribution in [0.3, 0.4) is 0 Å². The number of nitrogens with one attached hydrogen (secondary N) is 2. The van der Waals surface area contributed by atoms with Crippen LogP contribution in [0, 0.1) is 0 Å². The molecule has 3 rings (SSSR count). The predicted octanol–water partition coefficient (Wildman–Crippen LogP) is 1.92. The summed E-state index contributed by atoms with van der Waals surface area (Å²) in [5.74, 6) is 1.88. The highest BCUT2D eigenvalue weighted by molar-refractivity contribution is 5.80. The number of methoxy groups -OCH3 is 1. The SMILES string of the molecule is CCC(=O)N1CCC(NC(=NC)NCC2(c3ccc(OC)cc3)CCOCC2)C1. The average Bonchev–Trinajstić information content (AvgIpc) is 3.25. The monoisotopic (exact) mass is 402 g/mol. The number of hydrogen-bond acceptors (Lipinski definition) is 4. The number of ether oxygens (including phenoxy) is 2. The zero-order valence-corrected chi connectivity index (χ0v) is 17.9. The fraction of sp³-hybridized carbons (Fsp3) is 0.636. The molecular formula is C22H34N4O3. The van der Waals surface area contributed by atoms with Crippen LogP contribution in [0.25, 0.3) is 0 Å². The second kappa shape index (κ2) is 9.96. The van der Waals surface area contributed by atoms with Crippen LogP contribution in [0.1, 0.15) is 38.2 Å². The summed E-state index contributed by atoms with van der Waals surface area (Å²) in [6.45, 7) is 5.77. The second-order valence-corrected chi connectivity index (χ2v) is 7.87. The molecule has 2 saturated heterocycles. The van der Waals surface area contributed by atoms with Gasteiger partial charge in [-0.05, 0) is 37.0 Å². The number of amides is 1. The summed E-state index contributed by atoms with van der Waals surface area (Å²) in [6, 6.07) is 8.61. The first-order valence-corrected chi connectivity index (χ1v) is 10.6. The lowest BCUT2D eigenvalue weighted by Gasteiger charge is -2.38. The highest BCUT2D eigenvalue weighted by Crippen LogP contribution is 2.35. The Hall–Kier alpha value is -2.28. The van der Waals surface area contributed by atoms with Crippen molar-refractivity contribution >= 4 is 11.9 Å². The maximum atomic E-state index is 11.9. The number of carbonyl (C=O) groups is 1. The third-order valence-corrected chi connectivity index (χ3v) is 6.15. The van der Waals surface area contributed by atoms with Crippen molar-refractivity contribution in [3.8, 4) is 5.75 Å². The number of nitrogens with zero attached hydrogens (tertiary/aromatic N) is 2. The van der Waals surface area contributed by atoms with E-state index in [1.807, 2.05) is 24.0 Å². The Labute approximate surface area is 173 Å². The molecule has 1 aromatic carbocycles. The van der Waals surface area contributed by atoms with Gasteiger partial charge in [0.25, 0.3) is 0 Å². The van der Waals surface area contributed by atoms with Crippen molar-refractivity contribution in [1.82, 2.24) is 15.5 Å². The quantitative estimate of drug-likeness (QED) is 0.562. The lowest BCUT2D eigenvalue weighted by Crippen LogP contribution is -2.50. The van der Waals surface area contributed by atoms with Crippen LogP contribution in [0.2, 0.25) is 0 Å². The summed E-state index contributed by atoms with van der Waals surface area (Å²) in [5.41, 5.74) is 1.30. The summed E-state index contributed by atoms with van der Waals surface area (Å²) in [7, 11) is 3.48. The van der Waals surface area contributed by atoms with Gasteiger partial charge in [-0.3, -0.25) is 9.79 Å². The third-order valence-electron chi connectivity index (χ3n) is 6.15. The molecule has 2 aliphatic rings. The van der Waals surface area contributed by atoms with Crippen molar-refractivity contribution in [3.63, 3.8) is 0 Å². The molecule has 1 aromatic rings. The number of rotatable bonds is 6. The zero-order valence-electron chi connectivity index (χ0n) is 17.9. The van der Waals surface area contributed by atoms with Gasteiger partial charge in [0.15, 0.2) is 5.96 Å². The van der Waals surface area contributed by atoms with Gasteiger partial charge in [-0.15, -0.1) is 0 Å². The first kappa shape index (κ1) is 21.4. The predicted molar refractivity (Wildman–Crippen MR) is 114 cm³/mol. The first-order chi connectivity index (χ1) is 14.1. The van der Waals surface area contributed by atoms with Crippen molar-refractivity contribution in [2.45, 2.75) is 44.1 Å². The molecule has 0 aliphatic carbocycles. The van der Waals surface area contributed by atoms with Crippen LogP contribution in [0.5, 0.6) is 5.75 Å². The molecule has 2 heterocycles. The summed E-state index contributed by atoms with van der Waals surface area (Å²) < 4.78 is 11.0. The molecule has 1 amide bonds. The van der Waals surface area contributed by atoms with Gasteiger partial charge < -0.3 is 25.0 Å². The van der Waals surface area contributed by atoms with E-state index in [0.29, 0.717) is 6.42 Å². The number of likely N-dealkylation sites (tertiary alicyclic amines) is 1. The Morgan fingerprint density at radius 1 is 1.31 bits per heavy atom. The van der Waals surface area contributed by atoms with Gasteiger partial charge in [0, 0.05) is 57.8 Å². The Balaban J connectivity index is 1.63. The minimum Gasteiger partial charge on any atom is -0.497 e. The molecule has 0 radical (unpaired) electrons. The summed E-state index contributed by atoms with van der Waals surface area (Å²) in [6.07, 6.45) is 3.44. The molecule has 7 nitrogen and oxygen atoms in total. The van der Waals surface area contributed by atoms with Crippen LogP contribution in [0.4, 0.5) is 0 Å². The van der Waals surface area contributed by atoms with Crippen LogP contribution in [-0.4, -0.2) is 69.8 Å². The molecule has 2 aliphatic heterocycles. The summed E-state index contributed by atoms with van der Waals surface area (Å²) in [4.78, 5) is 18.3. The largest absolute Gasteiger partial charge is 0.497 e. The molecular weight excluding hydrogens is 368 g/mol. The van der Waals surface area contributed by atoms with Crippen LogP contribution in [-0.2, 0) is 14.9 Å². The topological polar surface area (TPSA) is 75.2 Å². The van der Waals surface area contributed by atoms with Crippen molar-refractivity contribution in [3.05, 3.63) is 29.8 Å². The third kappa shape index (κ3) is 5.21. The van der Waals surface area contributed by atoms with E-state index in [1.54, 1.807) is 14.2 Å². The lowest BCUT2D eigenvalue weighted by atomic mass is 9.74. The molecule has 2 N–H and O–H groups in total. The Kier molecular flexibility index (Phi) is 7.36. The van der Waals surface area contributed by atoms with E-state index in [1.165, 1.54) is 5.56 Å². The number of guanidine groups is 1. The standard InChI is InChI=1S/C22H34N4O3/c1-4-20(27)26-12-9-18(15-26)25-21(23-2)24-16-22(10-13-29-14-11-22)17-5-7-19(28-3)8-6-17/h5-8,18H,4,9-16H2,1-3H3,(H2,23,24,25). The summed E-state index contributed by atoms with van der Waals surface area (Å²) >= 11 is 0. The molecule has 29 heavy (non-hydrogen) atoms. The van der Waals surface area contributed by atoms with Gasteiger partial charge in [-0.2, -0.15) is 0 Å². The van der Waals surface area contributed by atoms with Crippen LogP contribution in [0.15, 0.2) is 29.3 Å². The Bertz CT molecular complexity index is 699. The number of hydrogen-bond donors (Lipinski definition) is 2. The van der Waals surface area contributed by atoms with Gasteiger partial charge in [0.1, 0.15) is 5.75 Å². The smallest absolute Gasteiger partial charge is 0.222 e. The van der Waals surface area contributed by atoms with E-state index in [0.717, 1.165) is 63.8 Å². The van der Waals surface area contributed by atoms with E-state index in [-0.39, 0.29) is 17.4 Å². The average molecular weight is 403 g/mol. The maximum Gasteiger partial charge on any atom is 0.222 e. The first-order valence-electron chi connectivity index (χ1n) is 10.6. The minimum atomic E-state index is 0.00201. The van der Waals surface area contributed by atoms with E-state index in [4.69, 9.17) is 9.47 Å². The van der Waals surface area contributed by atoms with E-state index < -0.39 is 0 Å². The molecule has 0 spiro atoms. The number of aliphatic imine (C=N–C) groups is 1. The lowest BCUT2D eigenvalue weighted by molar-refractivity contribution is -0.129. The summed E-state index contributed by atoms with van der Waals surface area (Å²) in [5, 5.41) is 7.04. The Morgan fingerprint density at radius 2 is 2.03 bits per heavy atom. The van der Waals surface area contributed by atoms with Crippen LogP contribution >= 0.6 is 0 Å². The van der Waals surface area contributed by atoms with Crippen LogP contribution < -0.4 is 15.4 Å². The van der Waals surface area contributed by atoms with Crippen molar-refractivity contribution in [1.29, 1.82) is 0 Å². The minimum absolute atomic E-state index is 0.00201. The second-order valence-electron chi connectivity index (χ2n) is 7.87. The molecule has 160 valence electrons. The molecule has 0 aromatic heterocycles. The van der Waals surface area contributed by atoms with E-state index >= 15 is 0 Å². The molecule has 0 saturated carbocycles.